The summed E-state index contributed by atoms with van der Waals surface area (Å²) in [5, 5.41) is 6.00. The number of hydrogen-bond donors (Lipinski definition) is 2. The van der Waals surface area contributed by atoms with Gasteiger partial charge in [-0.2, -0.15) is 0 Å². The average molecular weight is 310 g/mol. The number of carbonyl (C=O) groups excluding carboxylic acids is 1. The van der Waals surface area contributed by atoms with Gasteiger partial charge in [-0.15, -0.1) is 0 Å². The number of hydrogen-bond acceptors (Lipinski definition) is 1. The summed E-state index contributed by atoms with van der Waals surface area (Å²) in [6, 6.07) is 20.5. The van der Waals surface area contributed by atoms with Gasteiger partial charge in [0, 0.05) is 12.1 Å². The van der Waals surface area contributed by atoms with Crippen LogP contribution in [0, 0.1) is 0 Å². The molecule has 2 aromatic carbocycles. The van der Waals surface area contributed by atoms with Crippen molar-refractivity contribution < 1.29 is 4.79 Å². The standard InChI is InChI=1S/C20H26N2O/c1-20(2,16-18-12-7-4-8-13-18)22-19(23)21-15-9-14-17-10-5-3-6-11-17/h3-8,10-13H,9,14-16H2,1-2H3,(H2,21,22,23). The second kappa shape index (κ2) is 8.37. The molecule has 2 N–H and O–H groups in total. The number of nitrogens with one attached hydrogen (secondary N) is 2. The zero-order valence-electron chi connectivity index (χ0n) is 14.0. The highest BCUT2D eigenvalue weighted by molar-refractivity contribution is 5.74. The van der Waals surface area contributed by atoms with Gasteiger partial charge >= 0.3 is 6.03 Å². The number of carbonyl (C=O) groups is 1. The third kappa shape index (κ3) is 6.55. The zero-order chi connectivity index (χ0) is 16.5. The highest BCUT2D eigenvalue weighted by atomic mass is 16.2. The van der Waals surface area contributed by atoms with Gasteiger partial charge < -0.3 is 10.6 Å². The van der Waals surface area contributed by atoms with Gasteiger partial charge in [-0.3, -0.25) is 0 Å². The third-order valence-corrected chi connectivity index (χ3v) is 3.71. The maximum atomic E-state index is 12.0. The molecule has 0 fully saturated rings. The molecule has 0 aliphatic heterocycles. The molecule has 3 nitrogen and oxygen atoms in total. The van der Waals surface area contributed by atoms with Crippen LogP contribution in [-0.4, -0.2) is 18.1 Å². The van der Waals surface area contributed by atoms with Crippen LogP contribution < -0.4 is 10.6 Å². The molecule has 0 aliphatic carbocycles. The lowest BCUT2D eigenvalue weighted by atomic mass is 9.95. The predicted molar refractivity (Wildman–Crippen MR) is 95.5 cm³/mol. The van der Waals surface area contributed by atoms with E-state index in [1.165, 1.54) is 11.1 Å². The Morgan fingerprint density at radius 3 is 2.09 bits per heavy atom. The van der Waals surface area contributed by atoms with Crippen molar-refractivity contribution in [2.45, 2.75) is 38.6 Å². The molecule has 23 heavy (non-hydrogen) atoms. The van der Waals surface area contributed by atoms with Crippen LogP contribution in [0.4, 0.5) is 4.79 Å². The topological polar surface area (TPSA) is 41.1 Å². The lowest BCUT2D eigenvalue weighted by Gasteiger charge is -2.26. The summed E-state index contributed by atoms with van der Waals surface area (Å²) in [6.45, 7) is 4.77. The van der Waals surface area contributed by atoms with Crippen molar-refractivity contribution in [3.05, 3.63) is 71.8 Å². The van der Waals surface area contributed by atoms with E-state index in [2.05, 4.69) is 34.9 Å². The van der Waals surface area contributed by atoms with Crippen molar-refractivity contribution in [2.75, 3.05) is 6.54 Å². The summed E-state index contributed by atoms with van der Waals surface area (Å²) >= 11 is 0. The van der Waals surface area contributed by atoms with Crippen molar-refractivity contribution in [1.82, 2.24) is 10.6 Å². The van der Waals surface area contributed by atoms with Crippen LogP contribution in [0.25, 0.3) is 0 Å². The molecule has 0 heterocycles. The van der Waals surface area contributed by atoms with Crippen LogP contribution in [0.2, 0.25) is 0 Å². The van der Waals surface area contributed by atoms with Crippen molar-refractivity contribution in [3.8, 4) is 0 Å². The fourth-order valence-corrected chi connectivity index (χ4v) is 2.64. The molecule has 2 amide bonds. The summed E-state index contributed by atoms with van der Waals surface area (Å²) in [4.78, 5) is 12.0. The van der Waals surface area contributed by atoms with E-state index >= 15 is 0 Å². The van der Waals surface area contributed by atoms with Crippen LogP contribution in [0.1, 0.15) is 31.4 Å². The minimum absolute atomic E-state index is 0.0982. The Morgan fingerprint density at radius 2 is 1.48 bits per heavy atom. The van der Waals surface area contributed by atoms with Crippen LogP contribution in [0.15, 0.2) is 60.7 Å². The molecule has 0 spiro atoms. The number of amides is 2. The molecular formula is C20H26N2O. The minimum Gasteiger partial charge on any atom is -0.338 e. The van der Waals surface area contributed by atoms with Crippen LogP contribution in [0.5, 0.6) is 0 Å². The monoisotopic (exact) mass is 310 g/mol. The van der Waals surface area contributed by atoms with Gasteiger partial charge in [0.25, 0.3) is 0 Å². The van der Waals surface area contributed by atoms with Gasteiger partial charge in [-0.05, 0) is 44.2 Å². The molecule has 3 heteroatoms. The maximum absolute atomic E-state index is 12.0. The van der Waals surface area contributed by atoms with Crippen molar-refractivity contribution in [3.63, 3.8) is 0 Å². The molecule has 0 bridgehead atoms. The SMILES string of the molecule is CC(C)(Cc1ccccc1)NC(=O)NCCCc1ccccc1. The Bertz CT molecular complexity index is 594. The Labute approximate surface area is 139 Å². The summed E-state index contributed by atoms with van der Waals surface area (Å²) in [7, 11) is 0. The van der Waals surface area contributed by atoms with Crippen molar-refractivity contribution in [1.29, 1.82) is 0 Å². The minimum atomic E-state index is -0.273. The van der Waals surface area contributed by atoms with Gasteiger partial charge in [0.05, 0.1) is 0 Å². The third-order valence-electron chi connectivity index (χ3n) is 3.71. The molecule has 0 radical (unpaired) electrons. The van der Waals surface area contributed by atoms with E-state index in [4.69, 9.17) is 0 Å². The van der Waals surface area contributed by atoms with E-state index in [9.17, 15) is 4.79 Å². The molecule has 0 unspecified atom stereocenters. The number of rotatable bonds is 7. The van der Waals surface area contributed by atoms with Gasteiger partial charge in [0.1, 0.15) is 0 Å². The van der Waals surface area contributed by atoms with Crippen molar-refractivity contribution in [2.24, 2.45) is 0 Å². The maximum Gasteiger partial charge on any atom is 0.315 e. The highest BCUT2D eigenvalue weighted by Crippen LogP contribution is 2.12. The summed E-state index contributed by atoms with van der Waals surface area (Å²) in [5.41, 5.74) is 2.26. The van der Waals surface area contributed by atoms with Gasteiger partial charge in [-0.1, -0.05) is 60.7 Å². The number of urea groups is 1. The first-order valence-corrected chi connectivity index (χ1v) is 8.19. The Balaban J connectivity index is 1.69. The van der Waals surface area contributed by atoms with Crippen molar-refractivity contribution >= 4 is 6.03 Å². The van der Waals surface area contributed by atoms with Crippen LogP contribution in [0.3, 0.4) is 0 Å². The summed E-state index contributed by atoms with van der Waals surface area (Å²) in [6.07, 6.45) is 2.73. The van der Waals surface area contributed by atoms with Crippen LogP contribution >= 0.6 is 0 Å². The first-order valence-electron chi connectivity index (χ1n) is 8.19. The number of aryl methyl sites for hydroxylation is 1. The van der Waals surface area contributed by atoms with Crippen LogP contribution in [-0.2, 0) is 12.8 Å². The first kappa shape index (κ1) is 17.1. The summed E-state index contributed by atoms with van der Waals surface area (Å²) < 4.78 is 0. The second-order valence-corrected chi connectivity index (χ2v) is 6.52. The molecule has 0 aliphatic rings. The molecule has 2 rings (SSSR count). The van der Waals surface area contributed by atoms with E-state index in [1.807, 2.05) is 50.2 Å². The Morgan fingerprint density at radius 1 is 0.913 bits per heavy atom. The lowest BCUT2D eigenvalue weighted by molar-refractivity contribution is 0.229. The fraction of sp³-hybridized carbons (Fsp3) is 0.350. The van der Waals surface area contributed by atoms with E-state index < -0.39 is 0 Å². The largest absolute Gasteiger partial charge is 0.338 e. The normalized spacial score (nSPS) is 11.0. The number of benzene rings is 2. The zero-order valence-corrected chi connectivity index (χ0v) is 14.0. The lowest BCUT2D eigenvalue weighted by Crippen LogP contribution is -2.49. The van der Waals surface area contributed by atoms with Gasteiger partial charge in [0.2, 0.25) is 0 Å². The summed E-state index contributed by atoms with van der Waals surface area (Å²) in [5.74, 6) is 0. The smallest absolute Gasteiger partial charge is 0.315 e. The van der Waals surface area contributed by atoms with E-state index in [0.717, 1.165) is 19.3 Å². The van der Waals surface area contributed by atoms with Gasteiger partial charge in [0.15, 0.2) is 0 Å². The molecule has 0 atom stereocenters. The fourth-order valence-electron chi connectivity index (χ4n) is 2.64. The molecule has 0 saturated carbocycles. The van der Waals surface area contributed by atoms with E-state index in [0.29, 0.717) is 6.54 Å². The molecule has 0 saturated heterocycles. The quantitative estimate of drug-likeness (QED) is 0.747. The average Bonchev–Trinajstić information content (AvgIpc) is 2.52. The first-order chi connectivity index (χ1) is 11.1. The van der Waals surface area contributed by atoms with Gasteiger partial charge in [-0.25, -0.2) is 4.79 Å². The Hall–Kier alpha value is -2.29. The van der Waals surface area contributed by atoms with E-state index in [-0.39, 0.29) is 11.6 Å². The molecule has 2 aromatic rings. The van der Waals surface area contributed by atoms with E-state index in [1.54, 1.807) is 0 Å². The molecule has 122 valence electrons. The predicted octanol–water partition coefficient (Wildman–Crippen LogP) is 3.94. The second-order valence-electron chi connectivity index (χ2n) is 6.52. The Kier molecular flexibility index (Phi) is 6.21. The highest BCUT2D eigenvalue weighted by Gasteiger charge is 2.20. The molecular weight excluding hydrogens is 284 g/mol. The molecule has 0 aromatic heterocycles.